The van der Waals surface area contributed by atoms with Gasteiger partial charge >= 0.3 is 0 Å². The quantitative estimate of drug-likeness (QED) is 0.868. The van der Waals surface area contributed by atoms with E-state index in [0.29, 0.717) is 16.5 Å². The second kappa shape index (κ2) is 6.15. The summed E-state index contributed by atoms with van der Waals surface area (Å²) in [4.78, 5) is 9.12. The number of thioether (sulfide) groups is 1. The van der Waals surface area contributed by atoms with Crippen molar-refractivity contribution in [2.75, 3.05) is 12.4 Å². The van der Waals surface area contributed by atoms with Gasteiger partial charge in [0.05, 0.1) is 10.2 Å². The highest BCUT2D eigenvalue weighted by Crippen LogP contribution is 2.25. The number of hydrogen-bond donors (Lipinski definition) is 1. The minimum absolute atomic E-state index is 0.214. The summed E-state index contributed by atoms with van der Waals surface area (Å²) in [6.07, 6.45) is 1.69. The molecule has 2 aromatic rings. The smallest absolute Gasteiger partial charge is 0.143 e. The summed E-state index contributed by atoms with van der Waals surface area (Å²) in [6.45, 7) is 0. The standard InChI is InChI=1S/C12H11BrFN3S/c1-15-12-8(13)6-16-11(17-12)7-18-10-5-3-2-4-9(10)14/h2-6H,7H2,1H3,(H,15,16,17). The van der Waals surface area contributed by atoms with E-state index >= 15 is 0 Å². The molecule has 0 amide bonds. The molecule has 0 aliphatic heterocycles. The molecule has 0 aliphatic rings. The first-order valence-electron chi connectivity index (χ1n) is 5.27. The Bertz CT molecular complexity index is 551. The van der Waals surface area contributed by atoms with Gasteiger partial charge in [-0.15, -0.1) is 11.8 Å². The fourth-order valence-corrected chi connectivity index (χ4v) is 2.55. The van der Waals surface area contributed by atoms with E-state index in [1.54, 1.807) is 25.4 Å². The Balaban J connectivity index is 2.09. The minimum atomic E-state index is -0.214. The molecule has 0 radical (unpaired) electrons. The van der Waals surface area contributed by atoms with Crippen LogP contribution in [0, 0.1) is 5.82 Å². The molecule has 1 aromatic carbocycles. The Labute approximate surface area is 117 Å². The summed E-state index contributed by atoms with van der Waals surface area (Å²) >= 11 is 4.73. The van der Waals surface area contributed by atoms with Gasteiger partial charge in [-0.05, 0) is 28.1 Å². The van der Waals surface area contributed by atoms with E-state index < -0.39 is 0 Å². The number of nitrogens with zero attached hydrogens (tertiary/aromatic N) is 2. The van der Waals surface area contributed by atoms with Crippen LogP contribution in [0.15, 0.2) is 39.8 Å². The first kappa shape index (κ1) is 13.3. The van der Waals surface area contributed by atoms with Crippen LogP contribution in [0.1, 0.15) is 5.82 Å². The van der Waals surface area contributed by atoms with Gasteiger partial charge in [-0.1, -0.05) is 12.1 Å². The normalized spacial score (nSPS) is 10.4. The van der Waals surface area contributed by atoms with Crippen LogP contribution in [0.3, 0.4) is 0 Å². The van der Waals surface area contributed by atoms with E-state index in [1.807, 2.05) is 6.07 Å². The lowest BCUT2D eigenvalue weighted by atomic mass is 10.3. The second-order valence-corrected chi connectivity index (χ2v) is 5.32. The summed E-state index contributed by atoms with van der Waals surface area (Å²) in [5, 5.41) is 2.96. The lowest BCUT2D eigenvalue weighted by Crippen LogP contribution is -1.99. The Morgan fingerprint density at radius 1 is 1.39 bits per heavy atom. The van der Waals surface area contributed by atoms with Crippen molar-refractivity contribution in [1.29, 1.82) is 0 Å². The minimum Gasteiger partial charge on any atom is -0.372 e. The summed E-state index contributed by atoms with van der Waals surface area (Å²) in [5.41, 5.74) is 0. The molecule has 3 nitrogen and oxygen atoms in total. The van der Waals surface area contributed by atoms with E-state index in [4.69, 9.17) is 0 Å². The molecular weight excluding hydrogens is 317 g/mol. The third-order valence-electron chi connectivity index (χ3n) is 2.22. The van der Waals surface area contributed by atoms with E-state index in [0.717, 1.165) is 10.3 Å². The molecule has 0 atom stereocenters. The van der Waals surface area contributed by atoms with Crippen LogP contribution < -0.4 is 5.32 Å². The van der Waals surface area contributed by atoms with E-state index in [1.165, 1.54) is 17.8 Å². The van der Waals surface area contributed by atoms with E-state index in [-0.39, 0.29) is 5.82 Å². The Kier molecular flexibility index (Phi) is 4.54. The maximum atomic E-state index is 13.4. The Hall–Kier alpha value is -1.14. The number of hydrogen-bond acceptors (Lipinski definition) is 4. The Morgan fingerprint density at radius 2 is 2.17 bits per heavy atom. The van der Waals surface area contributed by atoms with Gasteiger partial charge in [0.15, 0.2) is 0 Å². The van der Waals surface area contributed by atoms with Crippen molar-refractivity contribution in [3.63, 3.8) is 0 Å². The molecule has 0 spiro atoms. The lowest BCUT2D eigenvalue weighted by Gasteiger charge is -2.05. The number of aromatic nitrogens is 2. The predicted octanol–water partition coefficient (Wildman–Crippen LogP) is 3.71. The van der Waals surface area contributed by atoms with Gasteiger partial charge in [0.2, 0.25) is 0 Å². The predicted molar refractivity (Wildman–Crippen MR) is 75.2 cm³/mol. The van der Waals surface area contributed by atoms with Gasteiger partial charge in [0, 0.05) is 18.1 Å². The van der Waals surface area contributed by atoms with E-state index in [9.17, 15) is 4.39 Å². The summed E-state index contributed by atoms with van der Waals surface area (Å²) in [6, 6.07) is 6.68. The maximum Gasteiger partial charge on any atom is 0.143 e. The average Bonchev–Trinajstić information content (AvgIpc) is 2.39. The SMILES string of the molecule is CNc1nc(CSc2ccccc2F)ncc1Br. The first-order chi connectivity index (χ1) is 8.70. The zero-order chi connectivity index (χ0) is 13.0. The number of benzene rings is 1. The fourth-order valence-electron chi connectivity index (χ4n) is 1.35. The van der Waals surface area contributed by atoms with Crippen LogP contribution in [0.5, 0.6) is 0 Å². The van der Waals surface area contributed by atoms with Crippen LogP contribution in [0.4, 0.5) is 10.2 Å². The zero-order valence-corrected chi connectivity index (χ0v) is 12.1. The molecule has 18 heavy (non-hydrogen) atoms. The number of nitrogens with one attached hydrogen (secondary N) is 1. The highest BCUT2D eigenvalue weighted by atomic mass is 79.9. The third kappa shape index (κ3) is 3.20. The molecule has 94 valence electrons. The molecule has 6 heteroatoms. The molecule has 0 fully saturated rings. The molecule has 0 saturated heterocycles. The largest absolute Gasteiger partial charge is 0.372 e. The van der Waals surface area contributed by atoms with Crippen LogP contribution >= 0.6 is 27.7 Å². The van der Waals surface area contributed by atoms with Gasteiger partial charge in [0.1, 0.15) is 17.5 Å². The van der Waals surface area contributed by atoms with Crippen molar-refractivity contribution in [1.82, 2.24) is 9.97 Å². The van der Waals surface area contributed by atoms with Crippen molar-refractivity contribution < 1.29 is 4.39 Å². The van der Waals surface area contributed by atoms with Crippen molar-refractivity contribution in [2.24, 2.45) is 0 Å². The highest BCUT2D eigenvalue weighted by Gasteiger charge is 2.06. The summed E-state index contributed by atoms with van der Waals surface area (Å²) in [7, 11) is 1.79. The Morgan fingerprint density at radius 3 is 2.89 bits per heavy atom. The number of anilines is 1. The van der Waals surface area contributed by atoms with Crippen LogP contribution in [-0.4, -0.2) is 17.0 Å². The second-order valence-electron chi connectivity index (χ2n) is 3.45. The van der Waals surface area contributed by atoms with Crippen molar-refractivity contribution in [3.8, 4) is 0 Å². The van der Waals surface area contributed by atoms with Crippen LogP contribution in [0.2, 0.25) is 0 Å². The molecule has 1 aromatic heterocycles. The monoisotopic (exact) mass is 327 g/mol. The van der Waals surface area contributed by atoms with Crippen LogP contribution in [-0.2, 0) is 5.75 Å². The van der Waals surface area contributed by atoms with Crippen LogP contribution in [0.25, 0.3) is 0 Å². The molecule has 1 N–H and O–H groups in total. The first-order valence-corrected chi connectivity index (χ1v) is 7.05. The van der Waals surface area contributed by atoms with Crippen molar-refractivity contribution in [3.05, 3.63) is 46.6 Å². The van der Waals surface area contributed by atoms with Gasteiger partial charge in [0.25, 0.3) is 0 Å². The lowest BCUT2D eigenvalue weighted by molar-refractivity contribution is 0.602. The summed E-state index contributed by atoms with van der Waals surface area (Å²) in [5.74, 6) is 1.71. The summed E-state index contributed by atoms with van der Waals surface area (Å²) < 4.78 is 14.2. The number of rotatable bonds is 4. The molecule has 0 saturated carbocycles. The maximum absolute atomic E-state index is 13.4. The van der Waals surface area contributed by atoms with Gasteiger partial charge in [-0.2, -0.15) is 0 Å². The number of halogens is 2. The van der Waals surface area contributed by atoms with E-state index in [2.05, 4.69) is 31.2 Å². The molecule has 0 unspecified atom stereocenters. The topological polar surface area (TPSA) is 37.8 Å². The molecule has 2 rings (SSSR count). The fraction of sp³-hybridized carbons (Fsp3) is 0.167. The zero-order valence-electron chi connectivity index (χ0n) is 9.65. The van der Waals surface area contributed by atoms with Gasteiger partial charge in [-0.25, -0.2) is 14.4 Å². The average molecular weight is 328 g/mol. The molecule has 0 bridgehead atoms. The van der Waals surface area contributed by atoms with Gasteiger partial charge < -0.3 is 5.32 Å². The van der Waals surface area contributed by atoms with Crippen molar-refractivity contribution in [2.45, 2.75) is 10.6 Å². The molecule has 0 aliphatic carbocycles. The molecule has 1 heterocycles. The highest BCUT2D eigenvalue weighted by molar-refractivity contribution is 9.10. The third-order valence-corrected chi connectivity index (χ3v) is 3.85. The van der Waals surface area contributed by atoms with Crippen molar-refractivity contribution >= 4 is 33.5 Å². The molecular formula is C12H11BrFN3S. The van der Waals surface area contributed by atoms with Gasteiger partial charge in [-0.3, -0.25) is 0 Å².